The number of hydrogen-bond donors (Lipinski definition) is 1. The van der Waals surface area contributed by atoms with E-state index in [9.17, 15) is 4.79 Å². The Labute approximate surface area is 126 Å². The van der Waals surface area contributed by atoms with Crippen molar-refractivity contribution in [2.75, 3.05) is 5.75 Å². The molecule has 1 N–H and O–H groups in total. The van der Waals surface area contributed by atoms with Crippen LogP contribution in [-0.2, 0) is 4.79 Å². The number of benzene rings is 1. The highest BCUT2D eigenvalue weighted by Crippen LogP contribution is 2.29. The van der Waals surface area contributed by atoms with Crippen molar-refractivity contribution in [2.45, 2.75) is 25.0 Å². The molecule has 20 heavy (non-hydrogen) atoms. The molecule has 7 heteroatoms. The first-order chi connectivity index (χ1) is 9.50. The van der Waals surface area contributed by atoms with Gasteiger partial charge in [0.1, 0.15) is 5.82 Å². The molecule has 2 rings (SSSR count). The number of aliphatic carboxylic acids is 1. The Morgan fingerprint density at radius 1 is 1.45 bits per heavy atom. The highest BCUT2D eigenvalue weighted by atomic mass is 35.5. The molecule has 0 saturated heterocycles. The van der Waals surface area contributed by atoms with Crippen LogP contribution >= 0.6 is 23.4 Å². The average Bonchev–Trinajstić information content (AvgIpc) is 2.77. The molecule has 0 amide bonds. The van der Waals surface area contributed by atoms with E-state index in [1.54, 1.807) is 0 Å². The van der Waals surface area contributed by atoms with E-state index in [1.165, 1.54) is 0 Å². The number of rotatable bonds is 5. The molecule has 1 aromatic heterocycles. The third kappa shape index (κ3) is 3.13. The van der Waals surface area contributed by atoms with Gasteiger partial charge in [-0.1, -0.05) is 41.6 Å². The van der Waals surface area contributed by atoms with Crippen LogP contribution in [0.25, 0.3) is 0 Å². The number of carboxylic acids is 1. The quantitative estimate of drug-likeness (QED) is 0.860. The van der Waals surface area contributed by atoms with Crippen LogP contribution in [0, 0.1) is 6.92 Å². The minimum absolute atomic E-state index is 0.0482. The van der Waals surface area contributed by atoms with E-state index in [1.807, 2.05) is 42.7 Å². The lowest BCUT2D eigenvalue weighted by Crippen LogP contribution is -2.11. The monoisotopic (exact) mass is 311 g/mol. The van der Waals surface area contributed by atoms with Crippen LogP contribution < -0.4 is 0 Å². The summed E-state index contributed by atoms with van der Waals surface area (Å²) in [5.41, 5.74) is 0.953. The van der Waals surface area contributed by atoms with Gasteiger partial charge >= 0.3 is 5.97 Å². The molecule has 0 aliphatic carbocycles. The Balaban J connectivity index is 2.34. The maximum Gasteiger partial charge on any atom is 0.313 e. The molecule has 106 valence electrons. The Hall–Kier alpha value is -1.53. The summed E-state index contributed by atoms with van der Waals surface area (Å²) in [7, 11) is 0. The number of thioether (sulfide) groups is 1. The van der Waals surface area contributed by atoms with Crippen molar-refractivity contribution in [3.63, 3.8) is 0 Å². The smallest absolute Gasteiger partial charge is 0.313 e. The fourth-order valence-corrected chi connectivity index (χ4v) is 3.05. The Morgan fingerprint density at radius 2 is 2.15 bits per heavy atom. The summed E-state index contributed by atoms with van der Waals surface area (Å²) in [5.74, 6) is -0.203. The van der Waals surface area contributed by atoms with Crippen molar-refractivity contribution in [3.8, 4) is 0 Å². The van der Waals surface area contributed by atoms with E-state index in [4.69, 9.17) is 16.7 Å². The summed E-state index contributed by atoms with van der Waals surface area (Å²) in [4.78, 5) is 10.7. The molecular weight excluding hydrogens is 298 g/mol. The Bertz CT molecular complexity index is 630. The second-order valence-electron chi connectivity index (χ2n) is 4.28. The summed E-state index contributed by atoms with van der Waals surface area (Å²) >= 11 is 7.36. The highest BCUT2D eigenvalue weighted by Gasteiger charge is 2.19. The molecule has 1 aromatic carbocycles. The van der Waals surface area contributed by atoms with Crippen LogP contribution in [0.3, 0.4) is 0 Å². The van der Waals surface area contributed by atoms with E-state index in [0.29, 0.717) is 10.2 Å². The minimum atomic E-state index is -0.882. The molecule has 0 radical (unpaired) electrons. The maximum absolute atomic E-state index is 10.7. The van der Waals surface area contributed by atoms with Crippen molar-refractivity contribution in [2.24, 2.45) is 0 Å². The molecule has 2 aromatic rings. The highest BCUT2D eigenvalue weighted by molar-refractivity contribution is 7.99. The molecule has 1 atom stereocenters. The van der Waals surface area contributed by atoms with E-state index >= 15 is 0 Å². The zero-order chi connectivity index (χ0) is 14.7. The lowest BCUT2D eigenvalue weighted by molar-refractivity contribution is -0.133. The molecule has 1 heterocycles. The van der Waals surface area contributed by atoms with E-state index in [0.717, 1.165) is 23.1 Å². The summed E-state index contributed by atoms with van der Waals surface area (Å²) in [5, 5.41) is 18.1. The van der Waals surface area contributed by atoms with Crippen LogP contribution in [0.4, 0.5) is 0 Å². The molecule has 0 aliphatic rings. The topological polar surface area (TPSA) is 68.0 Å². The van der Waals surface area contributed by atoms with Crippen LogP contribution in [-0.4, -0.2) is 31.6 Å². The third-order valence-electron chi connectivity index (χ3n) is 2.90. The van der Waals surface area contributed by atoms with Gasteiger partial charge in [-0.2, -0.15) is 0 Å². The summed E-state index contributed by atoms with van der Waals surface area (Å²) < 4.78 is 1.90. The summed E-state index contributed by atoms with van der Waals surface area (Å²) in [6, 6.07) is 7.50. The number of nitrogens with zero attached hydrogens (tertiary/aromatic N) is 3. The predicted molar refractivity (Wildman–Crippen MR) is 78.4 cm³/mol. The van der Waals surface area contributed by atoms with Crippen molar-refractivity contribution in [1.29, 1.82) is 0 Å². The van der Waals surface area contributed by atoms with Gasteiger partial charge in [-0.25, -0.2) is 0 Å². The molecule has 1 unspecified atom stereocenters. The van der Waals surface area contributed by atoms with E-state index in [2.05, 4.69) is 10.2 Å². The van der Waals surface area contributed by atoms with Gasteiger partial charge in [0.05, 0.1) is 11.8 Å². The van der Waals surface area contributed by atoms with Crippen molar-refractivity contribution in [3.05, 3.63) is 40.7 Å². The summed E-state index contributed by atoms with van der Waals surface area (Å²) in [6.07, 6.45) is 0. The molecule has 0 bridgehead atoms. The van der Waals surface area contributed by atoms with E-state index in [-0.39, 0.29) is 11.8 Å². The van der Waals surface area contributed by atoms with Crippen molar-refractivity contribution in [1.82, 2.24) is 14.8 Å². The van der Waals surface area contributed by atoms with Crippen molar-refractivity contribution < 1.29 is 9.90 Å². The molecule has 0 saturated carbocycles. The number of hydrogen-bond acceptors (Lipinski definition) is 4. The van der Waals surface area contributed by atoms with E-state index < -0.39 is 5.97 Å². The number of aryl methyl sites for hydroxylation is 1. The lowest BCUT2D eigenvalue weighted by atomic mass is 10.1. The average molecular weight is 312 g/mol. The fraction of sp³-hybridized carbons (Fsp3) is 0.308. The standard InChI is InChI=1S/C13H14ClN3O2S/c1-8(10-5-3-4-6-11(10)14)17-9(2)15-16-13(17)20-7-12(18)19/h3-6,8H,7H2,1-2H3,(H,18,19). The largest absolute Gasteiger partial charge is 0.481 e. The van der Waals surface area contributed by atoms with Gasteiger partial charge in [-0.3, -0.25) is 9.36 Å². The molecule has 0 aliphatic heterocycles. The third-order valence-corrected chi connectivity index (χ3v) is 4.17. The van der Waals surface area contributed by atoms with Gasteiger partial charge in [-0.15, -0.1) is 10.2 Å². The molecular formula is C13H14ClN3O2S. The number of aromatic nitrogens is 3. The maximum atomic E-state index is 10.7. The van der Waals surface area contributed by atoms with Gasteiger partial charge in [0.2, 0.25) is 0 Å². The first kappa shape index (κ1) is 14.9. The zero-order valence-electron chi connectivity index (χ0n) is 11.1. The fourth-order valence-electron chi connectivity index (χ4n) is 1.97. The van der Waals surface area contributed by atoms with Crippen LogP contribution in [0.5, 0.6) is 0 Å². The number of carbonyl (C=O) groups is 1. The normalized spacial score (nSPS) is 12.3. The first-order valence-corrected chi connectivity index (χ1v) is 7.37. The second-order valence-corrected chi connectivity index (χ2v) is 5.63. The van der Waals surface area contributed by atoms with Crippen LogP contribution in [0.2, 0.25) is 5.02 Å². The predicted octanol–water partition coefficient (Wildman–Crippen LogP) is 3.03. The van der Waals surface area contributed by atoms with Gasteiger partial charge in [0.25, 0.3) is 0 Å². The van der Waals surface area contributed by atoms with Crippen LogP contribution in [0.1, 0.15) is 24.4 Å². The van der Waals surface area contributed by atoms with Crippen molar-refractivity contribution >= 4 is 29.3 Å². The first-order valence-electron chi connectivity index (χ1n) is 6.01. The summed E-state index contributed by atoms with van der Waals surface area (Å²) in [6.45, 7) is 3.83. The van der Waals surface area contributed by atoms with Gasteiger partial charge < -0.3 is 5.11 Å². The Kier molecular flexibility index (Phi) is 4.67. The SMILES string of the molecule is Cc1nnc(SCC(=O)O)n1C(C)c1ccccc1Cl. The van der Waals surface area contributed by atoms with Gasteiger partial charge in [-0.05, 0) is 25.5 Å². The van der Waals surface area contributed by atoms with Crippen LogP contribution in [0.15, 0.2) is 29.4 Å². The molecule has 0 spiro atoms. The number of carboxylic acid groups (broad SMARTS) is 1. The lowest BCUT2D eigenvalue weighted by Gasteiger charge is -2.18. The van der Waals surface area contributed by atoms with Gasteiger partial charge in [0, 0.05) is 5.02 Å². The zero-order valence-corrected chi connectivity index (χ0v) is 12.6. The minimum Gasteiger partial charge on any atom is -0.481 e. The Morgan fingerprint density at radius 3 is 2.80 bits per heavy atom. The molecule has 0 fully saturated rings. The second kappa shape index (κ2) is 6.28. The van der Waals surface area contributed by atoms with Gasteiger partial charge in [0.15, 0.2) is 5.16 Å². The molecule has 5 nitrogen and oxygen atoms in total. The number of halogens is 1.